The molecule has 0 bridgehead atoms. The number of hydrogen-bond acceptors (Lipinski definition) is 5. The number of fused-ring (bicyclic) bond motifs is 1. The molecule has 0 fully saturated rings. The molecule has 0 atom stereocenters. The van der Waals surface area contributed by atoms with E-state index in [0.29, 0.717) is 0 Å². The maximum absolute atomic E-state index is 12.8. The number of amides is 4. The van der Waals surface area contributed by atoms with Crippen LogP contribution in [0.2, 0.25) is 0 Å². The fraction of sp³-hybridized carbons (Fsp3) is 0.0455. The van der Waals surface area contributed by atoms with E-state index in [2.05, 4.69) is 10.3 Å². The van der Waals surface area contributed by atoms with Gasteiger partial charge in [-0.25, -0.2) is 0 Å². The van der Waals surface area contributed by atoms with Gasteiger partial charge in [0.2, 0.25) is 0 Å². The van der Waals surface area contributed by atoms with E-state index < -0.39 is 23.6 Å². The van der Waals surface area contributed by atoms with E-state index in [0.717, 1.165) is 10.5 Å². The number of nitrogens with two attached hydrogens (primary N) is 1. The molecular weight excluding hydrogens is 384 g/mol. The Labute approximate surface area is 171 Å². The van der Waals surface area contributed by atoms with Crippen molar-refractivity contribution in [3.05, 3.63) is 94.8 Å². The number of imide groups is 1. The second-order valence-corrected chi connectivity index (χ2v) is 6.68. The normalized spacial score (nSPS) is 12.6. The molecule has 0 radical (unpaired) electrons. The molecule has 1 aliphatic rings. The number of nitrogens with zero attached hydrogens (tertiary/aromatic N) is 2. The van der Waals surface area contributed by atoms with Crippen LogP contribution in [0.4, 0.5) is 5.69 Å². The van der Waals surface area contributed by atoms with E-state index in [4.69, 9.17) is 5.73 Å². The molecule has 3 N–H and O–H groups in total. The predicted molar refractivity (Wildman–Crippen MR) is 108 cm³/mol. The van der Waals surface area contributed by atoms with Gasteiger partial charge >= 0.3 is 0 Å². The lowest BCUT2D eigenvalue weighted by Crippen LogP contribution is -2.29. The summed E-state index contributed by atoms with van der Waals surface area (Å²) in [7, 11) is 0. The molecule has 2 heterocycles. The van der Waals surface area contributed by atoms with Crippen LogP contribution in [0.25, 0.3) is 0 Å². The van der Waals surface area contributed by atoms with E-state index in [1.165, 1.54) is 24.3 Å². The van der Waals surface area contributed by atoms with Crippen molar-refractivity contribution in [2.75, 3.05) is 5.32 Å². The lowest BCUT2D eigenvalue weighted by molar-refractivity contribution is 0.0641. The zero-order valence-electron chi connectivity index (χ0n) is 15.7. The van der Waals surface area contributed by atoms with Crippen molar-refractivity contribution in [3.8, 4) is 0 Å². The molecule has 0 spiro atoms. The highest BCUT2D eigenvalue weighted by Crippen LogP contribution is 2.26. The fourth-order valence-electron chi connectivity index (χ4n) is 3.25. The Balaban J connectivity index is 1.59. The lowest BCUT2D eigenvalue weighted by atomic mass is 10.0. The zero-order chi connectivity index (χ0) is 21.3. The monoisotopic (exact) mass is 400 g/mol. The van der Waals surface area contributed by atoms with Gasteiger partial charge in [-0.05, 0) is 48.0 Å². The van der Waals surface area contributed by atoms with Crippen molar-refractivity contribution in [3.63, 3.8) is 0 Å². The fourth-order valence-corrected chi connectivity index (χ4v) is 3.25. The molecular formula is C22H16N4O4. The molecule has 0 saturated heterocycles. The Morgan fingerprint density at radius 1 is 0.933 bits per heavy atom. The van der Waals surface area contributed by atoms with Crippen LogP contribution in [0.3, 0.4) is 0 Å². The summed E-state index contributed by atoms with van der Waals surface area (Å²) in [6.45, 7) is 0.113. The van der Waals surface area contributed by atoms with Gasteiger partial charge in [-0.1, -0.05) is 12.1 Å². The summed E-state index contributed by atoms with van der Waals surface area (Å²) in [6, 6.07) is 14.1. The molecule has 0 saturated carbocycles. The van der Waals surface area contributed by atoms with Gasteiger partial charge in [-0.3, -0.25) is 29.1 Å². The quantitative estimate of drug-likeness (QED) is 0.636. The van der Waals surface area contributed by atoms with E-state index in [-0.39, 0.29) is 34.5 Å². The first-order valence-electron chi connectivity index (χ1n) is 9.05. The van der Waals surface area contributed by atoms with Gasteiger partial charge in [-0.15, -0.1) is 0 Å². The van der Waals surface area contributed by atoms with Crippen LogP contribution >= 0.6 is 0 Å². The van der Waals surface area contributed by atoms with Gasteiger partial charge in [0.1, 0.15) is 0 Å². The number of para-hydroxylation sites is 1. The first kappa shape index (κ1) is 19.0. The number of benzene rings is 2. The van der Waals surface area contributed by atoms with Crippen LogP contribution in [-0.2, 0) is 6.54 Å². The summed E-state index contributed by atoms with van der Waals surface area (Å²) < 4.78 is 0. The Kier molecular flexibility index (Phi) is 4.81. The van der Waals surface area contributed by atoms with Gasteiger partial charge in [0.15, 0.2) is 0 Å². The lowest BCUT2D eigenvalue weighted by Gasteiger charge is -2.13. The minimum Gasteiger partial charge on any atom is -0.366 e. The third-order valence-corrected chi connectivity index (χ3v) is 4.76. The minimum atomic E-state index is -0.674. The Hall–Kier alpha value is -4.33. The SMILES string of the molecule is NC(=O)c1ccccc1NC(=O)c1ccc2c(c1)C(=O)N(Cc1ccncc1)C2=O. The molecule has 3 aromatic rings. The van der Waals surface area contributed by atoms with E-state index in [1.807, 2.05) is 0 Å². The second kappa shape index (κ2) is 7.59. The summed E-state index contributed by atoms with van der Waals surface area (Å²) in [5.74, 6) is -2.09. The van der Waals surface area contributed by atoms with E-state index in [1.54, 1.807) is 42.7 Å². The molecule has 148 valence electrons. The molecule has 4 amide bonds. The first-order valence-corrected chi connectivity index (χ1v) is 9.05. The summed E-state index contributed by atoms with van der Waals surface area (Å²) in [5, 5.41) is 2.62. The zero-order valence-corrected chi connectivity index (χ0v) is 15.7. The van der Waals surface area contributed by atoms with Crippen LogP contribution in [0, 0.1) is 0 Å². The molecule has 0 aliphatic carbocycles. The molecule has 1 aliphatic heterocycles. The minimum absolute atomic E-state index is 0.113. The number of anilines is 1. The van der Waals surface area contributed by atoms with E-state index in [9.17, 15) is 19.2 Å². The molecule has 2 aromatic carbocycles. The standard InChI is InChI=1S/C22H16N4O4/c23-19(27)16-3-1-2-4-18(16)25-20(28)14-5-6-15-17(11-14)22(30)26(21(15)29)12-13-7-9-24-10-8-13/h1-11H,12H2,(H2,23,27)(H,25,28). The van der Waals surface area contributed by atoms with Crippen molar-refractivity contribution < 1.29 is 19.2 Å². The van der Waals surface area contributed by atoms with Crippen LogP contribution in [0.15, 0.2) is 67.0 Å². The average Bonchev–Trinajstić information content (AvgIpc) is 2.99. The highest BCUT2D eigenvalue weighted by Gasteiger charge is 2.36. The number of carbonyl (C=O) groups is 4. The highest BCUT2D eigenvalue weighted by molar-refractivity contribution is 6.22. The molecule has 8 heteroatoms. The molecule has 0 unspecified atom stereocenters. The van der Waals surface area contributed by atoms with Gasteiger partial charge in [0.05, 0.1) is 28.9 Å². The molecule has 1 aromatic heterocycles. The third kappa shape index (κ3) is 3.42. The van der Waals surface area contributed by atoms with Gasteiger partial charge in [-0.2, -0.15) is 0 Å². The Bertz CT molecular complexity index is 1190. The summed E-state index contributed by atoms with van der Waals surface area (Å²) >= 11 is 0. The van der Waals surface area contributed by atoms with Crippen molar-refractivity contribution in [2.45, 2.75) is 6.54 Å². The number of primary amides is 1. The molecule has 30 heavy (non-hydrogen) atoms. The topological polar surface area (TPSA) is 122 Å². The maximum atomic E-state index is 12.8. The summed E-state index contributed by atoms with van der Waals surface area (Å²) in [4.78, 5) is 54.7. The molecule has 4 rings (SSSR count). The summed E-state index contributed by atoms with van der Waals surface area (Å²) in [5.41, 5.74) is 7.10. The third-order valence-electron chi connectivity index (χ3n) is 4.76. The van der Waals surface area contributed by atoms with Crippen molar-refractivity contribution in [1.29, 1.82) is 0 Å². The van der Waals surface area contributed by atoms with Crippen molar-refractivity contribution in [1.82, 2.24) is 9.88 Å². The smallest absolute Gasteiger partial charge is 0.261 e. The highest BCUT2D eigenvalue weighted by atomic mass is 16.2. The number of nitrogens with one attached hydrogen (secondary N) is 1. The van der Waals surface area contributed by atoms with Crippen molar-refractivity contribution in [2.24, 2.45) is 5.73 Å². The number of aromatic nitrogens is 1. The first-order chi connectivity index (χ1) is 14.5. The number of hydrogen-bond donors (Lipinski definition) is 2. The van der Waals surface area contributed by atoms with Gasteiger partial charge in [0, 0.05) is 18.0 Å². The Morgan fingerprint density at radius 2 is 1.63 bits per heavy atom. The van der Waals surface area contributed by atoms with E-state index >= 15 is 0 Å². The summed E-state index contributed by atoms with van der Waals surface area (Å²) in [6.07, 6.45) is 3.17. The van der Waals surface area contributed by atoms with Crippen LogP contribution in [-0.4, -0.2) is 33.5 Å². The van der Waals surface area contributed by atoms with Crippen molar-refractivity contribution >= 4 is 29.3 Å². The number of pyridine rings is 1. The Morgan fingerprint density at radius 3 is 2.37 bits per heavy atom. The maximum Gasteiger partial charge on any atom is 0.261 e. The molecule has 8 nitrogen and oxygen atoms in total. The average molecular weight is 400 g/mol. The van der Waals surface area contributed by atoms with Crippen LogP contribution in [0.5, 0.6) is 0 Å². The van der Waals surface area contributed by atoms with Crippen LogP contribution in [0.1, 0.15) is 47.0 Å². The largest absolute Gasteiger partial charge is 0.366 e. The van der Waals surface area contributed by atoms with Gasteiger partial charge in [0.25, 0.3) is 23.6 Å². The second-order valence-electron chi connectivity index (χ2n) is 6.68. The number of carbonyl (C=O) groups excluding carboxylic acids is 4. The van der Waals surface area contributed by atoms with Gasteiger partial charge < -0.3 is 11.1 Å². The predicted octanol–water partition coefficient (Wildman–Crippen LogP) is 2.23. The number of rotatable bonds is 5. The van der Waals surface area contributed by atoms with Crippen LogP contribution < -0.4 is 11.1 Å².